The van der Waals surface area contributed by atoms with Crippen molar-refractivity contribution in [3.63, 3.8) is 0 Å². The summed E-state index contributed by atoms with van der Waals surface area (Å²) in [5, 5.41) is 5.43. The van der Waals surface area contributed by atoms with Crippen LogP contribution in [0.25, 0.3) is 11.3 Å². The molecule has 1 amide bonds. The average Bonchev–Trinajstić information content (AvgIpc) is 2.83. The van der Waals surface area contributed by atoms with E-state index in [4.69, 9.17) is 27.2 Å². The smallest absolute Gasteiger partial charge is 0.405 e. The lowest BCUT2D eigenvalue weighted by Gasteiger charge is -2.42. The molecule has 1 fully saturated rings. The van der Waals surface area contributed by atoms with E-state index in [-0.39, 0.29) is 17.0 Å². The van der Waals surface area contributed by atoms with Crippen LogP contribution in [0.2, 0.25) is 5.02 Å². The summed E-state index contributed by atoms with van der Waals surface area (Å²) in [5.41, 5.74) is 7.35. The van der Waals surface area contributed by atoms with Gasteiger partial charge in [-0.2, -0.15) is 5.10 Å². The van der Waals surface area contributed by atoms with Crippen molar-refractivity contribution in [2.24, 2.45) is 5.73 Å². The SMILES string of the molecule is CC(C)(CCC1(c2cccc(Cl)c2)CCC(n2nc(-c3ccccc3)ccc2=O)CC1)OC(N)=O. The normalized spacial score (nSPS) is 20.4. The zero-order chi connectivity index (χ0) is 25.1. The van der Waals surface area contributed by atoms with Gasteiger partial charge in [0.2, 0.25) is 0 Å². The highest BCUT2D eigenvalue weighted by Gasteiger charge is 2.39. The molecule has 2 N–H and O–H groups in total. The number of ether oxygens (including phenoxy) is 1. The van der Waals surface area contributed by atoms with Crippen LogP contribution in [-0.4, -0.2) is 21.5 Å². The van der Waals surface area contributed by atoms with Crippen molar-refractivity contribution in [1.82, 2.24) is 9.78 Å². The van der Waals surface area contributed by atoms with Crippen LogP contribution in [0.3, 0.4) is 0 Å². The molecular formula is C28H32ClN3O3. The number of halogens is 1. The number of nitrogens with zero attached hydrogens (tertiary/aromatic N) is 2. The van der Waals surface area contributed by atoms with E-state index >= 15 is 0 Å². The molecule has 0 bridgehead atoms. The third-order valence-corrected chi connectivity index (χ3v) is 7.41. The molecule has 35 heavy (non-hydrogen) atoms. The van der Waals surface area contributed by atoms with E-state index in [0.717, 1.165) is 43.4 Å². The van der Waals surface area contributed by atoms with Crippen LogP contribution < -0.4 is 11.3 Å². The first-order valence-corrected chi connectivity index (χ1v) is 12.5. The van der Waals surface area contributed by atoms with Crippen molar-refractivity contribution in [3.8, 4) is 11.3 Å². The van der Waals surface area contributed by atoms with Gasteiger partial charge in [0.05, 0.1) is 11.7 Å². The largest absolute Gasteiger partial charge is 0.444 e. The lowest BCUT2D eigenvalue weighted by Crippen LogP contribution is -2.39. The van der Waals surface area contributed by atoms with Gasteiger partial charge in [0.15, 0.2) is 0 Å². The Kier molecular flexibility index (Phi) is 7.31. The highest BCUT2D eigenvalue weighted by molar-refractivity contribution is 6.30. The van der Waals surface area contributed by atoms with Crippen molar-refractivity contribution in [2.75, 3.05) is 0 Å². The van der Waals surface area contributed by atoms with Crippen LogP contribution >= 0.6 is 11.6 Å². The molecule has 7 heteroatoms. The lowest BCUT2D eigenvalue weighted by atomic mass is 9.65. The van der Waals surface area contributed by atoms with E-state index in [0.29, 0.717) is 11.4 Å². The number of carbonyl (C=O) groups excluding carboxylic acids is 1. The fraction of sp³-hybridized carbons (Fsp3) is 0.393. The van der Waals surface area contributed by atoms with Crippen molar-refractivity contribution in [3.05, 3.63) is 87.7 Å². The minimum absolute atomic E-state index is 0.0216. The fourth-order valence-corrected chi connectivity index (χ4v) is 5.40. The molecule has 0 spiro atoms. The minimum atomic E-state index is -0.765. The number of primary amides is 1. The molecule has 1 saturated carbocycles. The predicted molar refractivity (Wildman–Crippen MR) is 139 cm³/mol. The Morgan fingerprint density at radius 2 is 1.83 bits per heavy atom. The number of carbonyl (C=O) groups is 1. The second-order valence-electron chi connectivity index (χ2n) is 10.1. The minimum Gasteiger partial charge on any atom is -0.444 e. The van der Waals surface area contributed by atoms with Gasteiger partial charge in [-0.3, -0.25) is 4.79 Å². The zero-order valence-electron chi connectivity index (χ0n) is 20.2. The molecule has 0 atom stereocenters. The van der Waals surface area contributed by atoms with E-state index in [2.05, 4.69) is 6.07 Å². The average molecular weight is 494 g/mol. The maximum atomic E-state index is 12.8. The summed E-state index contributed by atoms with van der Waals surface area (Å²) in [6.07, 6.45) is 4.08. The van der Waals surface area contributed by atoms with Crippen molar-refractivity contribution in [1.29, 1.82) is 0 Å². The zero-order valence-corrected chi connectivity index (χ0v) is 21.0. The summed E-state index contributed by atoms with van der Waals surface area (Å²) in [6.45, 7) is 3.77. The number of nitrogens with two attached hydrogens (primary N) is 1. The van der Waals surface area contributed by atoms with Crippen LogP contribution in [0.1, 0.15) is 64.0 Å². The Hall–Kier alpha value is -3.12. The third kappa shape index (κ3) is 5.93. The second kappa shape index (κ2) is 10.2. The third-order valence-electron chi connectivity index (χ3n) is 7.17. The van der Waals surface area contributed by atoms with Gasteiger partial charge in [0.1, 0.15) is 5.60 Å². The highest BCUT2D eigenvalue weighted by atomic mass is 35.5. The van der Waals surface area contributed by atoms with Gasteiger partial charge in [0, 0.05) is 16.7 Å². The molecule has 0 saturated heterocycles. The van der Waals surface area contributed by atoms with E-state index in [9.17, 15) is 9.59 Å². The maximum absolute atomic E-state index is 12.8. The van der Waals surface area contributed by atoms with Crippen molar-refractivity contribution >= 4 is 17.7 Å². The highest BCUT2D eigenvalue weighted by Crippen LogP contribution is 2.47. The standard InChI is InChI=1S/C28H32ClN3O3/c1-27(2,35-26(30)34)17-18-28(21-9-6-10-22(29)19-21)15-13-23(14-16-28)32-25(33)12-11-24(31-32)20-7-4-3-5-8-20/h3-12,19,23H,13-18H2,1-2H3,(H2,30,34). The number of rotatable bonds is 7. The summed E-state index contributed by atoms with van der Waals surface area (Å²) in [4.78, 5) is 24.1. The second-order valence-corrected chi connectivity index (χ2v) is 10.5. The van der Waals surface area contributed by atoms with Gasteiger partial charge >= 0.3 is 6.09 Å². The summed E-state index contributed by atoms with van der Waals surface area (Å²) >= 11 is 6.36. The van der Waals surface area contributed by atoms with Crippen molar-refractivity contribution < 1.29 is 9.53 Å². The Bertz CT molecular complexity index is 1230. The molecule has 0 aliphatic heterocycles. The molecule has 2 aromatic carbocycles. The van der Waals surface area contributed by atoms with Gasteiger partial charge in [0.25, 0.3) is 5.56 Å². The summed E-state index contributed by atoms with van der Waals surface area (Å²) in [6, 6.07) is 21.3. The van der Waals surface area contributed by atoms with E-state index in [1.165, 1.54) is 5.56 Å². The molecule has 1 aliphatic rings. The van der Waals surface area contributed by atoms with Crippen LogP contribution in [0.15, 0.2) is 71.5 Å². The molecular weight excluding hydrogens is 462 g/mol. The molecule has 184 valence electrons. The lowest BCUT2D eigenvalue weighted by molar-refractivity contribution is 0.0290. The van der Waals surface area contributed by atoms with Crippen LogP contribution in [0, 0.1) is 0 Å². The molecule has 1 aliphatic carbocycles. The molecule has 1 aromatic heterocycles. The van der Waals surface area contributed by atoms with Gasteiger partial charge in [-0.15, -0.1) is 0 Å². The van der Waals surface area contributed by atoms with Crippen molar-refractivity contribution in [2.45, 2.75) is 69.4 Å². The van der Waals surface area contributed by atoms with Crippen LogP contribution in [-0.2, 0) is 10.2 Å². The van der Waals surface area contributed by atoms with Gasteiger partial charge in [-0.25, -0.2) is 9.48 Å². The van der Waals surface area contributed by atoms with Gasteiger partial charge in [-0.1, -0.05) is 54.1 Å². The quantitative estimate of drug-likeness (QED) is 0.420. The molecule has 3 aromatic rings. The van der Waals surface area contributed by atoms with Crippen LogP contribution in [0.5, 0.6) is 0 Å². The number of aromatic nitrogens is 2. The first-order valence-electron chi connectivity index (χ1n) is 12.1. The Morgan fingerprint density at radius 3 is 2.49 bits per heavy atom. The Labute approximate surface area is 211 Å². The predicted octanol–water partition coefficient (Wildman–Crippen LogP) is 6.27. The Morgan fingerprint density at radius 1 is 1.11 bits per heavy atom. The molecule has 0 unspecified atom stereocenters. The first-order chi connectivity index (χ1) is 16.7. The number of benzene rings is 2. The molecule has 6 nitrogen and oxygen atoms in total. The van der Waals surface area contributed by atoms with E-state index < -0.39 is 11.7 Å². The summed E-state index contributed by atoms with van der Waals surface area (Å²) < 4.78 is 7.01. The molecule has 4 rings (SSSR count). The maximum Gasteiger partial charge on any atom is 0.405 e. The first kappa shape index (κ1) is 25.0. The fourth-order valence-electron chi connectivity index (χ4n) is 5.21. The number of hydrogen-bond acceptors (Lipinski definition) is 4. The Balaban J connectivity index is 1.58. The van der Waals surface area contributed by atoms with Crippen LogP contribution in [0.4, 0.5) is 4.79 Å². The number of amides is 1. The number of hydrogen-bond donors (Lipinski definition) is 1. The van der Waals surface area contributed by atoms with E-state index in [1.807, 2.05) is 62.4 Å². The summed E-state index contributed by atoms with van der Waals surface area (Å²) in [7, 11) is 0. The monoisotopic (exact) mass is 493 g/mol. The molecule has 1 heterocycles. The van der Waals surface area contributed by atoms with Gasteiger partial charge < -0.3 is 10.5 Å². The summed E-state index contributed by atoms with van der Waals surface area (Å²) in [5.74, 6) is 0. The van der Waals surface area contributed by atoms with Gasteiger partial charge in [-0.05, 0) is 81.5 Å². The topological polar surface area (TPSA) is 87.2 Å². The van der Waals surface area contributed by atoms with E-state index in [1.54, 1.807) is 16.8 Å². The molecule has 0 radical (unpaired) electrons.